The van der Waals surface area contributed by atoms with Crippen molar-refractivity contribution in [2.75, 3.05) is 55.6 Å². The van der Waals surface area contributed by atoms with Crippen molar-refractivity contribution in [1.82, 2.24) is 9.88 Å². The molecule has 0 saturated carbocycles. The number of rotatable bonds is 6. The molecule has 2 saturated heterocycles. The molecule has 0 radical (unpaired) electrons. The molecule has 32 heavy (non-hydrogen) atoms. The smallest absolute Gasteiger partial charge is 0.129 e. The number of allylic oxidation sites excluding steroid dienone is 1. The molecule has 4 heteroatoms. The van der Waals surface area contributed by atoms with Crippen LogP contribution < -0.4 is 9.80 Å². The molecule has 3 heterocycles. The molecule has 0 N–H and O–H groups in total. The van der Waals surface area contributed by atoms with Gasteiger partial charge in [0, 0.05) is 51.2 Å². The van der Waals surface area contributed by atoms with Crippen molar-refractivity contribution < 1.29 is 0 Å². The zero-order chi connectivity index (χ0) is 22.5. The Morgan fingerprint density at radius 3 is 2.31 bits per heavy atom. The van der Waals surface area contributed by atoms with Crippen LogP contribution >= 0.6 is 0 Å². The van der Waals surface area contributed by atoms with Crippen molar-refractivity contribution in [3.8, 4) is 0 Å². The normalized spacial score (nSPS) is 18.6. The van der Waals surface area contributed by atoms with Gasteiger partial charge < -0.3 is 9.80 Å². The number of nitrogens with zero attached hydrogens (tertiary/aromatic N) is 4. The van der Waals surface area contributed by atoms with Gasteiger partial charge >= 0.3 is 0 Å². The van der Waals surface area contributed by atoms with Crippen LogP contribution in [0.15, 0.2) is 36.5 Å². The maximum atomic E-state index is 4.71. The Kier molecular flexibility index (Phi) is 7.51. The van der Waals surface area contributed by atoms with Gasteiger partial charge in [0.15, 0.2) is 0 Å². The molecular weight excluding hydrogens is 392 g/mol. The summed E-state index contributed by atoms with van der Waals surface area (Å²) < 4.78 is 0. The monoisotopic (exact) mass is 432 g/mol. The van der Waals surface area contributed by atoms with Crippen LogP contribution in [0, 0.1) is 26.7 Å². The van der Waals surface area contributed by atoms with E-state index in [4.69, 9.17) is 4.98 Å². The predicted octanol–water partition coefficient (Wildman–Crippen LogP) is 5.47. The van der Waals surface area contributed by atoms with Crippen LogP contribution in [0.4, 0.5) is 11.5 Å². The SMILES string of the molecule is C/C=C\c1cc(N2CCC(CCN3CCN(c4ccc(C)c(C)c4)CC3)CC2)ncc1C. The maximum absolute atomic E-state index is 4.71. The number of pyridine rings is 1. The van der Waals surface area contributed by atoms with E-state index < -0.39 is 0 Å². The molecule has 1 aromatic carbocycles. The lowest BCUT2D eigenvalue weighted by molar-refractivity contribution is 0.228. The van der Waals surface area contributed by atoms with E-state index in [1.165, 1.54) is 66.8 Å². The zero-order valence-corrected chi connectivity index (χ0v) is 20.5. The highest BCUT2D eigenvalue weighted by molar-refractivity contribution is 5.58. The van der Waals surface area contributed by atoms with Gasteiger partial charge in [-0.25, -0.2) is 4.98 Å². The quantitative estimate of drug-likeness (QED) is 0.604. The number of benzene rings is 1. The fourth-order valence-corrected chi connectivity index (χ4v) is 5.03. The minimum Gasteiger partial charge on any atom is -0.369 e. The van der Waals surface area contributed by atoms with Gasteiger partial charge in [0.25, 0.3) is 0 Å². The van der Waals surface area contributed by atoms with Gasteiger partial charge in [0.2, 0.25) is 0 Å². The van der Waals surface area contributed by atoms with E-state index in [1.54, 1.807) is 0 Å². The number of aromatic nitrogens is 1. The van der Waals surface area contributed by atoms with Crippen LogP contribution in [-0.2, 0) is 0 Å². The lowest BCUT2D eigenvalue weighted by Gasteiger charge is -2.38. The molecule has 1 aromatic heterocycles. The van der Waals surface area contributed by atoms with E-state index in [-0.39, 0.29) is 0 Å². The van der Waals surface area contributed by atoms with Crippen molar-refractivity contribution >= 4 is 17.6 Å². The van der Waals surface area contributed by atoms with Gasteiger partial charge in [0.1, 0.15) is 5.82 Å². The molecule has 0 bridgehead atoms. The lowest BCUT2D eigenvalue weighted by atomic mass is 9.93. The van der Waals surface area contributed by atoms with Gasteiger partial charge in [0.05, 0.1) is 0 Å². The number of hydrogen-bond donors (Lipinski definition) is 0. The average molecular weight is 433 g/mol. The topological polar surface area (TPSA) is 22.6 Å². The molecule has 172 valence electrons. The first-order chi connectivity index (χ1) is 15.5. The highest BCUT2D eigenvalue weighted by atomic mass is 15.3. The number of anilines is 2. The van der Waals surface area contributed by atoms with Crippen molar-refractivity contribution in [2.45, 2.75) is 47.0 Å². The Balaban J connectivity index is 1.20. The summed E-state index contributed by atoms with van der Waals surface area (Å²) in [5.41, 5.74) is 6.71. The average Bonchev–Trinajstić information content (AvgIpc) is 2.82. The third-order valence-corrected chi connectivity index (χ3v) is 7.50. The van der Waals surface area contributed by atoms with E-state index in [1.807, 2.05) is 6.20 Å². The molecule has 2 aliphatic rings. The molecular formula is C28H40N4. The first-order valence-corrected chi connectivity index (χ1v) is 12.4. The van der Waals surface area contributed by atoms with E-state index in [2.05, 4.69) is 78.8 Å². The molecule has 4 nitrogen and oxygen atoms in total. The van der Waals surface area contributed by atoms with E-state index in [9.17, 15) is 0 Å². The Bertz CT molecular complexity index is 919. The van der Waals surface area contributed by atoms with Crippen LogP contribution in [0.1, 0.15) is 48.4 Å². The molecule has 0 atom stereocenters. The highest BCUT2D eigenvalue weighted by Crippen LogP contribution is 2.26. The minimum atomic E-state index is 0.851. The largest absolute Gasteiger partial charge is 0.369 e. The number of piperazine rings is 1. The Morgan fingerprint density at radius 1 is 0.875 bits per heavy atom. The van der Waals surface area contributed by atoms with E-state index in [0.717, 1.165) is 37.9 Å². The van der Waals surface area contributed by atoms with Crippen LogP contribution in [0.25, 0.3) is 6.08 Å². The molecule has 2 fully saturated rings. The molecule has 2 aromatic rings. The summed E-state index contributed by atoms with van der Waals surface area (Å²) in [7, 11) is 0. The molecule has 2 aliphatic heterocycles. The molecule has 0 amide bonds. The minimum absolute atomic E-state index is 0.851. The van der Waals surface area contributed by atoms with Gasteiger partial charge in [-0.3, -0.25) is 4.90 Å². The van der Waals surface area contributed by atoms with Crippen LogP contribution in [-0.4, -0.2) is 55.7 Å². The summed E-state index contributed by atoms with van der Waals surface area (Å²) >= 11 is 0. The molecule has 4 rings (SSSR count). The second-order valence-corrected chi connectivity index (χ2v) is 9.72. The Labute approximate surface area is 194 Å². The first-order valence-electron chi connectivity index (χ1n) is 12.4. The summed E-state index contributed by atoms with van der Waals surface area (Å²) in [6.45, 7) is 16.8. The summed E-state index contributed by atoms with van der Waals surface area (Å²) in [6.07, 6.45) is 10.2. The summed E-state index contributed by atoms with van der Waals surface area (Å²) in [5, 5.41) is 0. The van der Waals surface area contributed by atoms with Gasteiger partial charge in [-0.15, -0.1) is 0 Å². The Hall–Kier alpha value is -2.33. The third kappa shape index (κ3) is 5.53. The van der Waals surface area contributed by atoms with Gasteiger partial charge in [-0.05, 0) is 99.9 Å². The fraction of sp³-hybridized carbons (Fsp3) is 0.536. The number of hydrogen-bond acceptors (Lipinski definition) is 4. The summed E-state index contributed by atoms with van der Waals surface area (Å²) in [6, 6.07) is 9.15. The molecule has 0 spiro atoms. The fourth-order valence-electron chi connectivity index (χ4n) is 5.03. The molecule has 0 unspecified atom stereocenters. The lowest BCUT2D eigenvalue weighted by Crippen LogP contribution is -2.47. The van der Waals surface area contributed by atoms with E-state index in [0.29, 0.717) is 0 Å². The van der Waals surface area contributed by atoms with Gasteiger partial charge in [-0.2, -0.15) is 0 Å². The number of piperidine rings is 1. The predicted molar refractivity (Wildman–Crippen MR) is 138 cm³/mol. The van der Waals surface area contributed by atoms with Crippen LogP contribution in [0.3, 0.4) is 0 Å². The zero-order valence-electron chi connectivity index (χ0n) is 20.5. The standard InChI is InChI=1S/C28H40N4/c1-5-6-26-20-28(29-21-24(26)4)32-13-10-25(11-14-32)9-12-30-15-17-31(18-16-30)27-8-7-22(2)23(3)19-27/h5-8,19-21,25H,9-18H2,1-4H3/b6-5-. The van der Waals surface area contributed by atoms with Gasteiger partial charge in [-0.1, -0.05) is 18.2 Å². The summed E-state index contributed by atoms with van der Waals surface area (Å²) in [5.74, 6) is 1.99. The van der Waals surface area contributed by atoms with Crippen molar-refractivity contribution in [1.29, 1.82) is 0 Å². The van der Waals surface area contributed by atoms with Crippen molar-refractivity contribution in [3.05, 3.63) is 58.8 Å². The van der Waals surface area contributed by atoms with Crippen LogP contribution in [0.5, 0.6) is 0 Å². The Morgan fingerprint density at radius 2 is 1.62 bits per heavy atom. The number of aryl methyl sites for hydroxylation is 3. The third-order valence-electron chi connectivity index (χ3n) is 7.50. The van der Waals surface area contributed by atoms with Crippen molar-refractivity contribution in [2.24, 2.45) is 5.92 Å². The van der Waals surface area contributed by atoms with Crippen LogP contribution in [0.2, 0.25) is 0 Å². The molecule has 0 aliphatic carbocycles. The second-order valence-electron chi connectivity index (χ2n) is 9.72. The van der Waals surface area contributed by atoms with Crippen molar-refractivity contribution in [3.63, 3.8) is 0 Å². The second kappa shape index (κ2) is 10.5. The summed E-state index contributed by atoms with van der Waals surface area (Å²) in [4.78, 5) is 12.4. The van der Waals surface area contributed by atoms with E-state index >= 15 is 0 Å². The maximum Gasteiger partial charge on any atom is 0.129 e. The highest BCUT2D eigenvalue weighted by Gasteiger charge is 2.23. The first kappa shape index (κ1) is 22.8.